The first kappa shape index (κ1) is 22.7. The third-order valence-corrected chi connectivity index (χ3v) is 6.71. The van der Waals surface area contributed by atoms with Crippen molar-refractivity contribution in [2.75, 3.05) is 40.4 Å². The van der Waals surface area contributed by atoms with Crippen LogP contribution in [0.15, 0.2) is 42.5 Å². The quantitative estimate of drug-likeness (QED) is 0.706. The molecule has 1 amide bonds. The van der Waals surface area contributed by atoms with Crippen LogP contribution in [0.5, 0.6) is 5.75 Å². The minimum Gasteiger partial charge on any atom is -0.496 e. The van der Waals surface area contributed by atoms with Crippen molar-refractivity contribution in [1.29, 1.82) is 0 Å². The van der Waals surface area contributed by atoms with E-state index in [9.17, 15) is 9.18 Å². The van der Waals surface area contributed by atoms with E-state index in [0.29, 0.717) is 36.8 Å². The molecule has 2 aromatic rings. The van der Waals surface area contributed by atoms with Crippen LogP contribution in [0.4, 0.5) is 4.39 Å². The Kier molecular flexibility index (Phi) is 7.11. The molecule has 6 heteroatoms. The summed E-state index contributed by atoms with van der Waals surface area (Å²) < 4.78 is 25.2. The van der Waals surface area contributed by atoms with Gasteiger partial charge in [-0.1, -0.05) is 24.3 Å². The number of benzene rings is 2. The number of nitrogens with one attached hydrogen (secondary N) is 1. The maximum Gasteiger partial charge on any atom is 0.252 e. The lowest BCUT2D eigenvalue weighted by molar-refractivity contribution is -0.141. The molecule has 2 aliphatic heterocycles. The zero-order valence-corrected chi connectivity index (χ0v) is 19.0. The van der Waals surface area contributed by atoms with Gasteiger partial charge in [0, 0.05) is 31.7 Å². The second-order valence-electron chi connectivity index (χ2n) is 9.15. The highest BCUT2D eigenvalue weighted by atomic mass is 19.1. The minimum atomic E-state index is -0.807. The number of piperidine rings is 1. The van der Waals surface area contributed by atoms with Crippen molar-refractivity contribution in [3.05, 3.63) is 53.8 Å². The number of carbonyl (C=O) groups excluding carboxylic acids is 1. The number of amides is 1. The maximum atomic E-state index is 13.8. The van der Waals surface area contributed by atoms with Gasteiger partial charge in [0.1, 0.15) is 11.6 Å². The molecule has 2 fully saturated rings. The normalized spacial score (nSPS) is 23.8. The molecule has 172 valence electrons. The summed E-state index contributed by atoms with van der Waals surface area (Å²) in [6, 6.07) is 12.4. The summed E-state index contributed by atoms with van der Waals surface area (Å²) in [5.41, 5.74) is 1.80. The minimum absolute atomic E-state index is 0.000831. The van der Waals surface area contributed by atoms with Crippen LogP contribution in [0.25, 0.3) is 11.1 Å². The van der Waals surface area contributed by atoms with E-state index in [1.165, 1.54) is 18.6 Å². The molecular formula is C26H33FN2O3. The highest BCUT2D eigenvalue weighted by Crippen LogP contribution is 2.33. The van der Waals surface area contributed by atoms with E-state index >= 15 is 0 Å². The highest BCUT2D eigenvalue weighted by Gasteiger charge is 2.42. The van der Waals surface area contributed by atoms with Gasteiger partial charge in [0.05, 0.1) is 7.11 Å². The topological polar surface area (TPSA) is 50.8 Å². The third kappa shape index (κ3) is 5.13. The number of ether oxygens (including phenoxy) is 2. The average Bonchev–Trinajstić information content (AvgIpc) is 3.28. The smallest absolute Gasteiger partial charge is 0.252 e. The number of likely N-dealkylation sites (tertiary alicyclic amines) is 1. The zero-order valence-electron chi connectivity index (χ0n) is 19.0. The Hall–Kier alpha value is -2.44. The van der Waals surface area contributed by atoms with E-state index in [-0.39, 0.29) is 11.7 Å². The Balaban J connectivity index is 1.45. The van der Waals surface area contributed by atoms with Crippen molar-refractivity contribution in [2.24, 2.45) is 5.92 Å². The Labute approximate surface area is 189 Å². The molecule has 2 aromatic carbocycles. The number of halogens is 1. The van der Waals surface area contributed by atoms with E-state index in [4.69, 9.17) is 9.47 Å². The molecule has 4 rings (SSSR count). The number of nitrogens with zero attached hydrogens (tertiary/aromatic N) is 1. The van der Waals surface area contributed by atoms with Crippen molar-refractivity contribution in [3.63, 3.8) is 0 Å². The number of rotatable bonds is 7. The molecular weight excluding hydrogens is 407 g/mol. The van der Waals surface area contributed by atoms with Crippen LogP contribution in [-0.4, -0.2) is 56.8 Å². The van der Waals surface area contributed by atoms with Crippen LogP contribution in [0, 0.1) is 11.7 Å². The van der Waals surface area contributed by atoms with Gasteiger partial charge in [-0.2, -0.15) is 0 Å². The maximum absolute atomic E-state index is 13.8. The third-order valence-electron chi connectivity index (χ3n) is 6.71. The molecule has 1 N–H and O–H groups in total. The number of hydrogen-bond acceptors (Lipinski definition) is 4. The van der Waals surface area contributed by atoms with Crippen molar-refractivity contribution >= 4 is 5.91 Å². The van der Waals surface area contributed by atoms with Gasteiger partial charge in [-0.25, -0.2) is 4.39 Å². The van der Waals surface area contributed by atoms with Crippen LogP contribution in [0.2, 0.25) is 0 Å². The van der Waals surface area contributed by atoms with Crippen LogP contribution in [0.3, 0.4) is 0 Å². The lowest BCUT2D eigenvalue weighted by Gasteiger charge is -2.32. The highest BCUT2D eigenvalue weighted by molar-refractivity contribution is 5.86. The van der Waals surface area contributed by atoms with E-state index < -0.39 is 5.60 Å². The number of carbonyl (C=O) groups is 1. The molecule has 2 atom stereocenters. The lowest BCUT2D eigenvalue weighted by Crippen LogP contribution is -2.50. The van der Waals surface area contributed by atoms with Crippen molar-refractivity contribution in [3.8, 4) is 16.9 Å². The van der Waals surface area contributed by atoms with Gasteiger partial charge in [-0.3, -0.25) is 4.79 Å². The Bertz CT molecular complexity index is 925. The SMILES string of the molecule is COc1ccc(F)cc1-c1ccc(C[C@@]2(C(=O)NC[C@H]3CCCN(C)C3)CCCO2)cc1. The fourth-order valence-electron chi connectivity index (χ4n) is 4.97. The van der Waals surface area contributed by atoms with Crippen LogP contribution >= 0.6 is 0 Å². The molecule has 0 unspecified atom stereocenters. The largest absolute Gasteiger partial charge is 0.496 e. The van der Waals surface area contributed by atoms with Gasteiger partial charge in [-0.15, -0.1) is 0 Å². The Morgan fingerprint density at radius 1 is 1.25 bits per heavy atom. The van der Waals surface area contributed by atoms with Gasteiger partial charge in [0.15, 0.2) is 5.60 Å². The fraction of sp³-hybridized carbons (Fsp3) is 0.500. The molecule has 32 heavy (non-hydrogen) atoms. The summed E-state index contributed by atoms with van der Waals surface area (Å²) in [5.74, 6) is 0.822. The van der Waals surface area contributed by atoms with E-state index in [1.54, 1.807) is 13.2 Å². The van der Waals surface area contributed by atoms with Gasteiger partial charge >= 0.3 is 0 Å². The summed E-state index contributed by atoms with van der Waals surface area (Å²) in [6.45, 7) is 3.47. The van der Waals surface area contributed by atoms with Gasteiger partial charge in [-0.05, 0) is 74.5 Å². The van der Waals surface area contributed by atoms with Crippen LogP contribution in [-0.2, 0) is 16.0 Å². The predicted octanol–water partition coefficient (Wildman–Crippen LogP) is 4.05. The monoisotopic (exact) mass is 440 g/mol. The predicted molar refractivity (Wildman–Crippen MR) is 123 cm³/mol. The summed E-state index contributed by atoms with van der Waals surface area (Å²) in [5, 5.41) is 3.19. The van der Waals surface area contributed by atoms with E-state index in [0.717, 1.165) is 43.5 Å². The molecule has 0 bridgehead atoms. The van der Waals surface area contributed by atoms with Gasteiger partial charge in [0.2, 0.25) is 0 Å². The molecule has 2 aliphatic rings. The number of methoxy groups -OCH3 is 1. The van der Waals surface area contributed by atoms with Crippen molar-refractivity contribution in [1.82, 2.24) is 10.2 Å². The zero-order chi connectivity index (χ0) is 22.6. The van der Waals surface area contributed by atoms with E-state index in [1.807, 2.05) is 24.3 Å². The summed E-state index contributed by atoms with van der Waals surface area (Å²) in [7, 11) is 3.72. The fourth-order valence-corrected chi connectivity index (χ4v) is 4.97. The van der Waals surface area contributed by atoms with Gasteiger partial charge in [0.25, 0.3) is 5.91 Å². The lowest BCUT2D eigenvalue weighted by atomic mass is 9.89. The molecule has 2 heterocycles. The second-order valence-corrected chi connectivity index (χ2v) is 9.15. The first-order chi connectivity index (χ1) is 15.5. The molecule has 0 aliphatic carbocycles. The molecule has 0 spiro atoms. The molecule has 5 nitrogen and oxygen atoms in total. The number of hydrogen-bond donors (Lipinski definition) is 1. The Morgan fingerprint density at radius 2 is 2.06 bits per heavy atom. The molecule has 0 radical (unpaired) electrons. The average molecular weight is 441 g/mol. The Morgan fingerprint density at radius 3 is 2.75 bits per heavy atom. The van der Waals surface area contributed by atoms with Crippen molar-refractivity contribution < 1.29 is 18.7 Å². The molecule has 2 saturated heterocycles. The second kappa shape index (κ2) is 10.0. The first-order valence-corrected chi connectivity index (χ1v) is 11.5. The van der Waals surface area contributed by atoms with Crippen LogP contribution in [0.1, 0.15) is 31.2 Å². The summed E-state index contributed by atoms with van der Waals surface area (Å²) in [6.07, 6.45) is 4.48. The van der Waals surface area contributed by atoms with Crippen LogP contribution < -0.4 is 10.1 Å². The standard InChI is InChI=1S/C26H33FN2O3/c1-29-13-3-5-20(18-29)17-28-25(30)26(12-4-14-32-26)16-19-6-8-21(9-7-19)23-15-22(27)10-11-24(23)31-2/h6-11,15,20H,3-5,12-14,16-18H2,1-2H3,(H,28,30)/t20-,26-/m1/s1. The van der Waals surface area contributed by atoms with E-state index in [2.05, 4.69) is 17.3 Å². The molecule has 0 aromatic heterocycles. The summed E-state index contributed by atoms with van der Waals surface area (Å²) >= 11 is 0. The molecule has 0 saturated carbocycles. The first-order valence-electron chi connectivity index (χ1n) is 11.5. The van der Waals surface area contributed by atoms with Crippen molar-refractivity contribution in [2.45, 2.75) is 37.7 Å². The van der Waals surface area contributed by atoms with Gasteiger partial charge < -0.3 is 19.7 Å². The summed E-state index contributed by atoms with van der Waals surface area (Å²) in [4.78, 5) is 15.5.